The summed E-state index contributed by atoms with van der Waals surface area (Å²) < 4.78 is 27.1. The number of likely N-dealkylation sites (N-methyl/N-ethyl adjacent to an activating group) is 1. The first-order chi connectivity index (χ1) is 14.5. The van der Waals surface area contributed by atoms with Gasteiger partial charge in [-0.05, 0) is 74.3 Å². The van der Waals surface area contributed by atoms with Crippen molar-refractivity contribution in [3.05, 3.63) is 71.3 Å². The molecule has 1 aromatic heterocycles. The lowest BCUT2D eigenvalue weighted by Crippen LogP contribution is -2.26. The zero-order valence-corrected chi connectivity index (χ0v) is 17.9. The highest BCUT2D eigenvalue weighted by atomic mass is 32.2. The summed E-state index contributed by atoms with van der Waals surface area (Å²) in [4.78, 5) is 13.8. The fraction of sp³-hybridized carbons (Fsp3) is 0.292. The summed E-state index contributed by atoms with van der Waals surface area (Å²) >= 11 is 0. The minimum Gasteiger partial charge on any atom is -0.340 e. The van der Waals surface area contributed by atoms with E-state index in [0.29, 0.717) is 12.6 Å². The maximum atomic E-state index is 12.6. The molecule has 4 rings (SSSR count). The minimum atomic E-state index is -3.49. The second kappa shape index (κ2) is 8.58. The van der Waals surface area contributed by atoms with Gasteiger partial charge in [0.25, 0.3) is 0 Å². The quantitative estimate of drug-likeness (QED) is 0.542. The lowest BCUT2D eigenvalue weighted by Gasteiger charge is -2.18. The van der Waals surface area contributed by atoms with Crippen molar-refractivity contribution in [2.24, 2.45) is 0 Å². The molecule has 0 unspecified atom stereocenters. The summed E-state index contributed by atoms with van der Waals surface area (Å²) in [6, 6.07) is 14.8. The summed E-state index contributed by atoms with van der Waals surface area (Å²) in [6.07, 6.45) is 7.93. The van der Waals surface area contributed by atoms with Gasteiger partial charge in [0, 0.05) is 28.5 Å². The zero-order valence-electron chi connectivity index (χ0n) is 17.1. The number of carbonyl (C=O) groups is 1. The van der Waals surface area contributed by atoms with Crippen LogP contribution in [0.3, 0.4) is 0 Å². The van der Waals surface area contributed by atoms with E-state index in [1.54, 1.807) is 36.4 Å². The molecule has 156 valence electrons. The Balaban J connectivity index is 1.68. The highest BCUT2D eigenvalue weighted by Crippen LogP contribution is 2.28. The van der Waals surface area contributed by atoms with E-state index in [4.69, 9.17) is 0 Å². The number of aromatic nitrogens is 1. The molecule has 0 saturated carbocycles. The van der Waals surface area contributed by atoms with Crippen LogP contribution >= 0.6 is 0 Å². The van der Waals surface area contributed by atoms with Gasteiger partial charge in [0.15, 0.2) is 9.84 Å². The van der Waals surface area contributed by atoms with Gasteiger partial charge in [-0.25, -0.2) is 8.42 Å². The predicted octanol–water partition coefficient (Wildman–Crippen LogP) is 3.92. The first-order valence-electron chi connectivity index (χ1n) is 10.2. The van der Waals surface area contributed by atoms with Crippen molar-refractivity contribution in [3.63, 3.8) is 0 Å². The van der Waals surface area contributed by atoms with E-state index < -0.39 is 9.84 Å². The van der Waals surface area contributed by atoms with Crippen molar-refractivity contribution in [1.29, 1.82) is 0 Å². The van der Waals surface area contributed by atoms with Crippen molar-refractivity contribution in [2.75, 3.05) is 13.6 Å². The third kappa shape index (κ3) is 4.25. The van der Waals surface area contributed by atoms with Gasteiger partial charge in [0.05, 0.1) is 11.4 Å². The monoisotopic (exact) mass is 422 g/mol. The molecule has 6 heteroatoms. The van der Waals surface area contributed by atoms with Crippen molar-refractivity contribution < 1.29 is 13.2 Å². The molecule has 2 aromatic carbocycles. The fourth-order valence-electron chi connectivity index (χ4n) is 4.23. The molecule has 0 radical (unpaired) electrons. The average Bonchev–Trinajstić information content (AvgIpc) is 3.31. The molecule has 5 nitrogen and oxygen atoms in total. The zero-order chi connectivity index (χ0) is 21.1. The summed E-state index contributed by atoms with van der Waals surface area (Å²) in [5.74, 6) is 0. The number of nitrogens with zero attached hydrogens (tertiary/aromatic N) is 2. The van der Waals surface area contributed by atoms with Crippen LogP contribution in [-0.2, 0) is 27.6 Å². The minimum absolute atomic E-state index is 0.282. The Bertz CT molecular complexity index is 1180. The molecule has 1 atom stereocenters. The first-order valence-corrected chi connectivity index (χ1v) is 11.8. The highest BCUT2D eigenvalue weighted by molar-refractivity contribution is 7.94. The Labute approximate surface area is 177 Å². The number of sulfone groups is 1. The Morgan fingerprint density at radius 3 is 2.63 bits per heavy atom. The van der Waals surface area contributed by atoms with E-state index in [1.807, 2.05) is 22.8 Å². The van der Waals surface area contributed by atoms with Gasteiger partial charge < -0.3 is 14.3 Å². The van der Waals surface area contributed by atoms with Crippen molar-refractivity contribution in [1.82, 2.24) is 9.47 Å². The van der Waals surface area contributed by atoms with Crippen LogP contribution in [0.4, 0.5) is 0 Å². The van der Waals surface area contributed by atoms with Gasteiger partial charge in [-0.3, -0.25) is 0 Å². The number of rotatable bonds is 7. The molecule has 30 heavy (non-hydrogen) atoms. The van der Waals surface area contributed by atoms with Crippen LogP contribution in [0, 0.1) is 0 Å². The molecule has 1 saturated heterocycles. The van der Waals surface area contributed by atoms with Gasteiger partial charge in [-0.2, -0.15) is 0 Å². The van der Waals surface area contributed by atoms with Crippen LogP contribution in [0.15, 0.2) is 65.0 Å². The Morgan fingerprint density at radius 1 is 1.13 bits per heavy atom. The van der Waals surface area contributed by atoms with E-state index in [0.717, 1.165) is 35.7 Å². The smallest absolute Gasteiger partial charge is 0.199 e. The molecule has 3 aromatic rings. The third-order valence-corrected chi connectivity index (χ3v) is 7.32. The van der Waals surface area contributed by atoms with Gasteiger partial charge in [-0.15, -0.1) is 0 Å². The second-order valence-corrected chi connectivity index (χ2v) is 9.73. The largest absolute Gasteiger partial charge is 0.340 e. The topological polar surface area (TPSA) is 59.4 Å². The number of fused-ring (bicyclic) bond motifs is 1. The van der Waals surface area contributed by atoms with Crippen LogP contribution in [0.2, 0.25) is 0 Å². The van der Waals surface area contributed by atoms with Gasteiger partial charge in [0.2, 0.25) is 0 Å². The third-order valence-electron chi connectivity index (χ3n) is 5.90. The predicted molar refractivity (Wildman–Crippen MR) is 120 cm³/mol. The number of benzene rings is 2. The Morgan fingerprint density at radius 2 is 1.93 bits per heavy atom. The maximum Gasteiger partial charge on any atom is 0.199 e. The van der Waals surface area contributed by atoms with Crippen LogP contribution < -0.4 is 0 Å². The van der Waals surface area contributed by atoms with Crippen molar-refractivity contribution in [3.8, 4) is 0 Å². The second-order valence-electron chi connectivity index (χ2n) is 7.89. The number of hydrogen-bond donors (Lipinski definition) is 0. The molecular weight excluding hydrogens is 396 g/mol. The lowest BCUT2D eigenvalue weighted by atomic mass is 10.0. The summed E-state index contributed by atoms with van der Waals surface area (Å²) in [5, 5.41) is 2.34. The summed E-state index contributed by atoms with van der Waals surface area (Å²) in [7, 11) is -1.33. The molecule has 1 aliphatic heterocycles. The van der Waals surface area contributed by atoms with Gasteiger partial charge in [-0.1, -0.05) is 24.3 Å². The molecule has 2 heterocycles. The molecule has 1 fully saturated rings. The summed E-state index contributed by atoms with van der Waals surface area (Å²) in [5.41, 5.74) is 3.03. The van der Waals surface area contributed by atoms with E-state index in [-0.39, 0.29) is 4.90 Å². The highest BCUT2D eigenvalue weighted by Gasteiger charge is 2.22. The molecule has 1 aliphatic rings. The van der Waals surface area contributed by atoms with Crippen LogP contribution in [-0.4, -0.2) is 43.8 Å². The van der Waals surface area contributed by atoms with Crippen LogP contribution in [0.1, 0.15) is 24.0 Å². The summed E-state index contributed by atoms with van der Waals surface area (Å²) in [6.45, 7) is 1.43. The van der Waals surface area contributed by atoms with E-state index >= 15 is 0 Å². The van der Waals surface area contributed by atoms with E-state index in [2.05, 4.69) is 18.1 Å². The molecule has 0 N–H and O–H groups in total. The Hall–Kier alpha value is -2.70. The van der Waals surface area contributed by atoms with Crippen molar-refractivity contribution >= 4 is 33.1 Å². The molecule has 0 spiro atoms. The Kier molecular flexibility index (Phi) is 5.88. The maximum absolute atomic E-state index is 12.6. The lowest BCUT2D eigenvalue weighted by molar-refractivity contribution is -0.108. The van der Waals surface area contributed by atoms with E-state index in [9.17, 15) is 13.2 Å². The first kappa shape index (κ1) is 20.6. The molecular formula is C24H26N2O3S. The molecule has 0 amide bonds. The van der Waals surface area contributed by atoms with E-state index in [1.165, 1.54) is 23.8 Å². The fourth-order valence-corrected chi connectivity index (χ4v) is 5.26. The number of aldehydes is 1. The number of hydrogen-bond acceptors (Lipinski definition) is 4. The van der Waals surface area contributed by atoms with Crippen LogP contribution in [0.5, 0.6) is 0 Å². The van der Waals surface area contributed by atoms with Gasteiger partial charge in [0.1, 0.15) is 6.29 Å². The normalized spacial score (nSPS) is 17.8. The van der Waals surface area contributed by atoms with Crippen LogP contribution in [0.25, 0.3) is 17.0 Å². The standard InChI is InChI=1S/C24H26N2O3S/c1-25-12-5-6-21(25)17-20-18-26(13-14-27)24-10-9-19(16-23(20)24)11-15-30(28,29)22-7-3-2-4-8-22/h2-4,7-11,14-16,18,21H,5-6,12-13,17H2,1H3/t21-/m1/s1. The average molecular weight is 423 g/mol. The molecule has 0 aliphatic carbocycles. The van der Waals surface area contributed by atoms with Crippen molar-refractivity contribution in [2.45, 2.75) is 36.7 Å². The SMILES string of the molecule is CN1CCC[C@@H]1Cc1cn(CC=O)c2ccc(C=CS(=O)(=O)c3ccccc3)cc12. The number of carbonyl (C=O) groups excluding carboxylic acids is 1. The van der Waals surface area contributed by atoms with Gasteiger partial charge >= 0.3 is 0 Å². The molecule has 0 bridgehead atoms. The number of likely N-dealkylation sites (tertiary alicyclic amines) is 1.